The highest BCUT2D eigenvalue weighted by Crippen LogP contribution is 2.01. The first kappa shape index (κ1) is 13.1. The lowest BCUT2D eigenvalue weighted by atomic mass is 10.0. The SMILES string of the molecule is C=CC(C)[C@H](N)C(=O)OC.Cl. The van der Waals surface area contributed by atoms with Crippen LogP contribution in [0.15, 0.2) is 12.7 Å². The van der Waals surface area contributed by atoms with Crippen LogP contribution in [0, 0.1) is 5.92 Å². The molecule has 0 radical (unpaired) electrons. The zero-order valence-electron chi connectivity index (χ0n) is 6.74. The number of hydrogen-bond donors (Lipinski definition) is 1. The fourth-order valence-corrected chi connectivity index (χ4v) is 0.497. The monoisotopic (exact) mass is 179 g/mol. The standard InChI is InChI=1S/C7H13NO2.ClH/c1-4-5(2)6(8)7(9)10-3;/h4-6H,1,8H2,2-3H3;1H/t5?,6-;/m0./s1. The Morgan fingerprint density at radius 2 is 2.18 bits per heavy atom. The Labute approximate surface area is 73.0 Å². The van der Waals surface area contributed by atoms with Crippen LogP contribution < -0.4 is 5.73 Å². The average Bonchev–Trinajstić information content (AvgIpc) is 2.00. The molecule has 0 aliphatic carbocycles. The van der Waals surface area contributed by atoms with Crippen molar-refractivity contribution in [3.05, 3.63) is 12.7 Å². The highest BCUT2D eigenvalue weighted by atomic mass is 35.5. The molecular formula is C7H14ClNO2. The molecule has 0 bridgehead atoms. The molecule has 0 aromatic rings. The predicted octanol–water partition coefficient (Wildman–Crippen LogP) is 0.731. The van der Waals surface area contributed by atoms with Crippen molar-refractivity contribution in [2.45, 2.75) is 13.0 Å². The number of halogens is 1. The van der Waals surface area contributed by atoms with Crippen LogP contribution in [0.3, 0.4) is 0 Å². The molecule has 0 spiro atoms. The molecule has 11 heavy (non-hydrogen) atoms. The van der Waals surface area contributed by atoms with Crippen LogP contribution >= 0.6 is 12.4 Å². The van der Waals surface area contributed by atoms with Gasteiger partial charge in [0.05, 0.1) is 7.11 Å². The van der Waals surface area contributed by atoms with E-state index >= 15 is 0 Å². The summed E-state index contributed by atoms with van der Waals surface area (Å²) in [5.74, 6) is -0.431. The predicted molar refractivity (Wildman–Crippen MR) is 46.6 cm³/mol. The molecule has 3 nitrogen and oxygen atoms in total. The largest absolute Gasteiger partial charge is 0.468 e. The van der Waals surface area contributed by atoms with E-state index in [1.807, 2.05) is 6.92 Å². The topological polar surface area (TPSA) is 52.3 Å². The lowest BCUT2D eigenvalue weighted by Crippen LogP contribution is -2.36. The molecule has 2 atom stereocenters. The van der Waals surface area contributed by atoms with Crippen molar-refractivity contribution < 1.29 is 9.53 Å². The van der Waals surface area contributed by atoms with E-state index in [9.17, 15) is 4.79 Å². The van der Waals surface area contributed by atoms with Gasteiger partial charge in [0.2, 0.25) is 0 Å². The van der Waals surface area contributed by atoms with Crippen molar-refractivity contribution in [3.8, 4) is 0 Å². The van der Waals surface area contributed by atoms with Gasteiger partial charge in [0.1, 0.15) is 6.04 Å². The fourth-order valence-electron chi connectivity index (χ4n) is 0.497. The van der Waals surface area contributed by atoms with E-state index in [1.165, 1.54) is 7.11 Å². The van der Waals surface area contributed by atoms with Crippen molar-refractivity contribution in [1.29, 1.82) is 0 Å². The summed E-state index contributed by atoms with van der Waals surface area (Å²) < 4.78 is 4.42. The number of methoxy groups -OCH3 is 1. The van der Waals surface area contributed by atoms with E-state index in [-0.39, 0.29) is 18.3 Å². The van der Waals surface area contributed by atoms with E-state index in [1.54, 1.807) is 6.08 Å². The van der Waals surface area contributed by atoms with Gasteiger partial charge in [0.15, 0.2) is 0 Å². The molecule has 0 saturated carbocycles. The van der Waals surface area contributed by atoms with E-state index in [2.05, 4.69) is 11.3 Å². The van der Waals surface area contributed by atoms with Crippen LogP contribution in [0.25, 0.3) is 0 Å². The molecule has 0 fully saturated rings. The first-order valence-electron chi connectivity index (χ1n) is 3.09. The molecule has 2 N–H and O–H groups in total. The van der Waals surface area contributed by atoms with Crippen LogP contribution in [0.5, 0.6) is 0 Å². The molecular weight excluding hydrogens is 166 g/mol. The Hall–Kier alpha value is -0.540. The summed E-state index contributed by atoms with van der Waals surface area (Å²) in [6, 6.07) is -0.581. The van der Waals surface area contributed by atoms with E-state index in [4.69, 9.17) is 5.73 Å². The maximum atomic E-state index is 10.7. The van der Waals surface area contributed by atoms with Gasteiger partial charge < -0.3 is 10.5 Å². The Morgan fingerprint density at radius 1 is 1.73 bits per heavy atom. The highest BCUT2D eigenvalue weighted by molar-refractivity contribution is 5.85. The Bertz CT molecular complexity index is 138. The van der Waals surface area contributed by atoms with Crippen molar-refractivity contribution in [2.24, 2.45) is 11.7 Å². The minimum Gasteiger partial charge on any atom is -0.468 e. The first-order valence-corrected chi connectivity index (χ1v) is 3.09. The second-order valence-corrected chi connectivity index (χ2v) is 2.14. The molecule has 66 valence electrons. The van der Waals surface area contributed by atoms with Crippen molar-refractivity contribution >= 4 is 18.4 Å². The number of hydrogen-bond acceptors (Lipinski definition) is 3. The van der Waals surface area contributed by atoms with Crippen LogP contribution in [0.4, 0.5) is 0 Å². The molecule has 4 heteroatoms. The van der Waals surface area contributed by atoms with Crippen LogP contribution in [0.2, 0.25) is 0 Å². The summed E-state index contributed by atoms with van der Waals surface area (Å²) in [5.41, 5.74) is 5.44. The zero-order valence-corrected chi connectivity index (χ0v) is 7.56. The number of rotatable bonds is 3. The van der Waals surface area contributed by atoms with Crippen molar-refractivity contribution in [3.63, 3.8) is 0 Å². The third-order valence-electron chi connectivity index (χ3n) is 1.41. The van der Waals surface area contributed by atoms with Gasteiger partial charge in [-0.15, -0.1) is 19.0 Å². The second-order valence-electron chi connectivity index (χ2n) is 2.14. The minimum absolute atomic E-state index is 0. The van der Waals surface area contributed by atoms with Gasteiger partial charge >= 0.3 is 5.97 Å². The number of nitrogens with two attached hydrogens (primary N) is 1. The average molecular weight is 180 g/mol. The summed E-state index contributed by atoms with van der Waals surface area (Å²) >= 11 is 0. The van der Waals surface area contributed by atoms with Gasteiger partial charge in [-0.1, -0.05) is 13.0 Å². The number of ether oxygens (including phenoxy) is 1. The van der Waals surface area contributed by atoms with Crippen molar-refractivity contribution in [2.75, 3.05) is 7.11 Å². The maximum absolute atomic E-state index is 10.7. The second kappa shape index (κ2) is 6.19. The lowest BCUT2D eigenvalue weighted by Gasteiger charge is -2.12. The van der Waals surface area contributed by atoms with Crippen LogP contribution in [0.1, 0.15) is 6.92 Å². The van der Waals surface area contributed by atoms with Gasteiger partial charge in [-0.2, -0.15) is 0 Å². The molecule has 0 heterocycles. The van der Waals surface area contributed by atoms with Crippen molar-refractivity contribution in [1.82, 2.24) is 0 Å². The number of esters is 1. The molecule has 1 unspecified atom stereocenters. The molecule has 0 aliphatic rings. The van der Waals surface area contributed by atoms with Gasteiger partial charge in [-0.05, 0) is 5.92 Å². The van der Waals surface area contributed by atoms with Gasteiger partial charge in [-0.25, -0.2) is 0 Å². The van der Waals surface area contributed by atoms with Crippen LogP contribution in [-0.2, 0) is 9.53 Å². The lowest BCUT2D eigenvalue weighted by molar-refractivity contribution is -0.142. The molecule has 0 aliphatic heterocycles. The summed E-state index contributed by atoms with van der Waals surface area (Å²) in [6.07, 6.45) is 1.63. The summed E-state index contributed by atoms with van der Waals surface area (Å²) in [7, 11) is 1.32. The Balaban J connectivity index is 0. The van der Waals surface area contributed by atoms with E-state index < -0.39 is 12.0 Å². The fraction of sp³-hybridized carbons (Fsp3) is 0.571. The molecule has 0 aromatic heterocycles. The van der Waals surface area contributed by atoms with E-state index in [0.717, 1.165) is 0 Å². The summed E-state index contributed by atoms with van der Waals surface area (Å²) in [5, 5.41) is 0. The summed E-state index contributed by atoms with van der Waals surface area (Å²) in [4.78, 5) is 10.7. The number of carbonyl (C=O) groups is 1. The Kier molecular flexibility index (Phi) is 7.36. The van der Waals surface area contributed by atoms with E-state index in [0.29, 0.717) is 0 Å². The van der Waals surface area contributed by atoms with Gasteiger partial charge in [0.25, 0.3) is 0 Å². The van der Waals surface area contributed by atoms with Gasteiger partial charge in [0, 0.05) is 0 Å². The third kappa shape index (κ3) is 4.01. The smallest absolute Gasteiger partial charge is 0.323 e. The molecule has 0 amide bonds. The maximum Gasteiger partial charge on any atom is 0.323 e. The minimum atomic E-state index is -0.581. The molecule has 0 saturated heterocycles. The quantitative estimate of drug-likeness (QED) is 0.514. The molecule has 0 aromatic carbocycles. The first-order chi connectivity index (χ1) is 4.63. The molecule has 0 rings (SSSR count). The third-order valence-corrected chi connectivity index (χ3v) is 1.41. The zero-order chi connectivity index (χ0) is 8.15. The van der Waals surface area contributed by atoms with Crippen LogP contribution in [-0.4, -0.2) is 19.1 Å². The Morgan fingerprint density at radius 3 is 2.45 bits per heavy atom. The summed E-state index contributed by atoms with van der Waals surface area (Å²) in [6.45, 7) is 5.32. The normalized spacial score (nSPS) is 14.1. The number of carbonyl (C=O) groups excluding carboxylic acids is 1. The van der Waals surface area contributed by atoms with Gasteiger partial charge in [-0.3, -0.25) is 4.79 Å². The highest BCUT2D eigenvalue weighted by Gasteiger charge is 2.18.